The minimum absolute atomic E-state index is 0. The average Bonchev–Trinajstić information content (AvgIpc) is 1.12. The van der Waals surface area contributed by atoms with Gasteiger partial charge in [0, 0.05) is 0 Å². The fourth-order valence-corrected chi connectivity index (χ4v) is 0. The second-order valence-electron chi connectivity index (χ2n) is 0.894. The van der Waals surface area contributed by atoms with E-state index in [9.17, 15) is 0 Å². The Morgan fingerprint density at radius 3 is 0.444 bits per heavy atom. The summed E-state index contributed by atoms with van der Waals surface area (Å²) in [6.45, 7) is 0. The van der Waals surface area contributed by atoms with Crippen LogP contribution < -0.4 is 236 Å². The molecule has 0 aromatic heterocycles. The van der Waals surface area contributed by atoms with Gasteiger partial charge in [-0.1, -0.05) is 0 Å². The number of hydrogen-bond acceptors (Lipinski definition) is 8. The molecule has 0 N–H and O–H groups in total. The van der Waals surface area contributed by atoms with E-state index < -0.39 is 15.6 Å². The molecule has 0 fully saturated rings. The van der Waals surface area contributed by atoms with E-state index in [1.54, 1.807) is 0 Å². The van der Waals surface area contributed by atoms with E-state index in [0.29, 0.717) is 0 Å². The first kappa shape index (κ1) is 63.9. The Hall–Kier alpha value is 7.22. The van der Waals surface area contributed by atoms with E-state index in [1.165, 1.54) is 0 Å². The van der Waals surface area contributed by atoms with Gasteiger partial charge in [-0.05, 0) is 0 Å². The summed E-state index contributed by atoms with van der Waals surface area (Å²) in [6, 6.07) is 0. The average molecular weight is 366 g/mol. The van der Waals surface area contributed by atoms with E-state index in [1.807, 2.05) is 0 Å². The molecule has 0 aromatic rings. The Bertz CT molecular complexity index is 142. The van der Waals surface area contributed by atoms with Crippen LogP contribution in [-0.4, -0.2) is 0 Å². The topological polar surface area (TPSA) is 172 Å². The van der Waals surface area contributed by atoms with Crippen LogP contribution in [0.4, 0.5) is 0 Å². The van der Waals surface area contributed by atoms with Crippen molar-refractivity contribution in [1.82, 2.24) is 0 Å². The molecule has 0 spiro atoms. The normalized spacial score (nSPS) is 6.56. The van der Waals surface area contributed by atoms with Crippen LogP contribution in [0.1, 0.15) is 0 Å². The van der Waals surface area contributed by atoms with Crippen LogP contribution in [0.3, 0.4) is 0 Å². The van der Waals surface area contributed by atoms with Gasteiger partial charge < -0.3 is 45.9 Å². The van der Waals surface area contributed by atoms with Crippen molar-refractivity contribution in [1.29, 1.82) is 0 Å². The van der Waals surface area contributed by atoms with Gasteiger partial charge in [0.15, 0.2) is 0 Å². The van der Waals surface area contributed by atoms with Crippen molar-refractivity contribution in [2.24, 2.45) is 0 Å². The minimum Gasteiger partial charge on any atom is -0.822 e. The Kier molecular flexibility index (Phi) is 125. The first-order valence-electron chi connectivity index (χ1n) is 1.46. The fourth-order valence-electron chi connectivity index (χ4n) is 0. The second-order valence-corrected chi connectivity index (χ2v) is 2.68. The van der Waals surface area contributed by atoms with E-state index in [0.717, 1.165) is 0 Å². The largest absolute Gasteiger partial charge is 1.00 e. The second kappa shape index (κ2) is 35.4. The molecule has 0 atom stereocenters. The third-order valence-corrected chi connectivity index (χ3v) is 0. The molecule has 0 saturated heterocycles. The zero-order valence-corrected chi connectivity index (χ0v) is 27.9. The zero-order chi connectivity index (χ0) is 9.00. The summed E-state index contributed by atoms with van der Waals surface area (Å²) in [5.41, 5.74) is 0. The first-order chi connectivity index (χ1) is 4.00. The van der Waals surface area contributed by atoms with Crippen LogP contribution in [0.15, 0.2) is 0 Å². The summed E-state index contributed by atoms with van der Waals surface area (Å²) in [7, 11) is -10.8. The molecule has 72 valence electrons. The predicted octanol–water partition coefficient (Wildman–Crippen LogP) is -26.2. The van der Waals surface area contributed by atoms with Gasteiger partial charge in [-0.25, -0.2) is 0 Å². The summed E-state index contributed by atoms with van der Waals surface area (Å²) in [4.78, 5) is 51.3. The van der Waals surface area contributed by atoms with Gasteiger partial charge in [0.25, 0.3) is 0 Å². The summed E-state index contributed by atoms with van der Waals surface area (Å²) < 4.78 is 17.1. The quantitative estimate of drug-likeness (QED) is 0.231. The number of phosphoric acid groups is 2. The Morgan fingerprint density at radius 1 is 0.444 bits per heavy atom. The van der Waals surface area contributed by atoms with Crippen LogP contribution in [0.2, 0.25) is 0 Å². The van der Waals surface area contributed by atoms with Crippen LogP contribution in [0.25, 0.3) is 0 Å². The van der Waals surface area contributed by atoms with Gasteiger partial charge in [-0.2, -0.15) is 15.6 Å². The van der Waals surface area contributed by atoms with E-state index in [2.05, 4.69) is 0 Å². The van der Waals surface area contributed by atoms with E-state index in [4.69, 9.17) is 38.5 Å². The monoisotopic (exact) mass is 366 g/mol. The predicted molar refractivity (Wildman–Crippen MR) is 21.6 cm³/mol. The van der Waals surface area contributed by atoms with Crippen molar-refractivity contribution in [3.63, 3.8) is 0 Å². The molecule has 0 aromatic carbocycles. The molecule has 18 heavy (non-hydrogen) atoms. The van der Waals surface area contributed by atoms with Crippen LogP contribution in [0.5, 0.6) is 0 Å². The SMILES string of the molecule is O=P([O-])([O-])[O-].O=P([O-])([O-])[O-].[CH3-].[Na+].[Na+].[Na+].[Na+].[Na+].[Na+].[Na+]. The molecule has 0 aliphatic carbocycles. The fraction of sp³-hybridized carbons (Fsp3) is 0. The third-order valence-electron chi connectivity index (χ3n) is 0. The van der Waals surface area contributed by atoms with Crippen molar-refractivity contribution in [3.05, 3.63) is 7.43 Å². The van der Waals surface area contributed by atoms with Crippen LogP contribution >= 0.6 is 15.6 Å². The number of rotatable bonds is 0. The smallest absolute Gasteiger partial charge is 0.822 e. The zero-order valence-electron chi connectivity index (χ0n) is 12.2. The van der Waals surface area contributed by atoms with Gasteiger partial charge >= 0.3 is 207 Å². The molecule has 0 aliphatic rings. The van der Waals surface area contributed by atoms with Crippen molar-refractivity contribution >= 4 is 15.6 Å². The molecule has 0 rings (SSSR count). The number of hydrogen-bond donors (Lipinski definition) is 0. The first-order valence-corrected chi connectivity index (χ1v) is 4.38. The Balaban J connectivity index is -0.00000000615. The molecule has 0 aliphatic heterocycles. The molecule has 0 radical (unpaired) electrons. The maximum absolute atomic E-state index is 8.55. The van der Waals surface area contributed by atoms with Crippen LogP contribution in [-0.2, 0) is 9.13 Å². The maximum Gasteiger partial charge on any atom is 1.00 e. The standard InChI is InChI=1S/CH3.7Na.2H3O4P/c;;;;;;;;2*1-5(2,3)4/h1H3;;;;;;;;2*(H3,1,2,3,4)/q-1;7*+1;;/p-6. The summed E-state index contributed by atoms with van der Waals surface area (Å²) in [5.74, 6) is 0. The summed E-state index contributed by atoms with van der Waals surface area (Å²) in [5, 5.41) is 0. The third kappa shape index (κ3) is 220. The molecule has 0 bridgehead atoms. The Morgan fingerprint density at radius 2 is 0.444 bits per heavy atom. The van der Waals surface area contributed by atoms with Gasteiger partial charge in [-0.3, -0.25) is 0 Å². The van der Waals surface area contributed by atoms with E-state index in [-0.39, 0.29) is 214 Å². The summed E-state index contributed by atoms with van der Waals surface area (Å²) in [6.07, 6.45) is 0. The summed E-state index contributed by atoms with van der Waals surface area (Å²) >= 11 is 0. The molecule has 17 heteroatoms. The van der Waals surface area contributed by atoms with Gasteiger partial charge in [0.2, 0.25) is 0 Å². The molecule has 0 saturated carbocycles. The van der Waals surface area contributed by atoms with Gasteiger partial charge in [-0.15, -0.1) is 0 Å². The molecule has 0 amide bonds. The van der Waals surface area contributed by atoms with Crippen molar-refractivity contribution in [3.8, 4) is 0 Å². The molecule has 0 unspecified atom stereocenters. The van der Waals surface area contributed by atoms with Crippen molar-refractivity contribution < 1.29 is 245 Å². The Labute approximate surface area is 262 Å². The molecular weight excluding hydrogens is 363 g/mol. The van der Waals surface area contributed by atoms with Gasteiger partial charge in [0.05, 0.1) is 0 Å². The van der Waals surface area contributed by atoms with E-state index >= 15 is 0 Å². The molecule has 8 nitrogen and oxygen atoms in total. The van der Waals surface area contributed by atoms with Crippen LogP contribution in [0, 0.1) is 7.43 Å². The molecule has 0 heterocycles. The maximum atomic E-state index is 8.55. The molecular formula is CH3Na7O8P2. The van der Waals surface area contributed by atoms with Crippen molar-refractivity contribution in [2.45, 2.75) is 0 Å². The van der Waals surface area contributed by atoms with Crippen molar-refractivity contribution in [2.75, 3.05) is 0 Å². The minimum atomic E-state index is -5.39. The van der Waals surface area contributed by atoms with Gasteiger partial charge in [0.1, 0.15) is 0 Å².